The number of rotatable bonds is 2. The van der Waals surface area contributed by atoms with Crippen molar-refractivity contribution in [1.29, 1.82) is 0 Å². The number of amides is 1. The van der Waals surface area contributed by atoms with Gasteiger partial charge in [0, 0.05) is 11.3 Å². The van der Waals surface area contributed by atoms with Crippen LogP contribution in [0.25, 0.3) is 10.9 Å². The Balaban J connectivity index is 1.90. The van der Waals surface area contributed by atoms with Gasteiger partial charge in [0.1, 0.15) is 0 Å². The maximum atomic E-state index is 12.3. The van der Waals surface area contributed by atoms with Gasteiger partial charge in [-0.1, -0.05) is 31.4 Å². The summed E-state index contributed by atoms with van der Waals surface area (Å²) in [5.74, 6) is 0.270. The molecule has 1 heterocycles. The first-order valence-corrected chi connectivity index (χ1v) is 7.19. The maximum absolute atomic E-state index is 12.3. The molecule has 110 valence electrons. The third-order valence-electron chi connectivity index (χ3n) is 3.99. The first-order chi connectivity index (χ1) is 10.2. The number of carbonyl (C=O) groups is 2. The first kappa shape index (κ1) is 13.6. The summed E-state index contributed by atoms with van der Waals surface area (Å²) in [5.41, 5.74) is 0.476. The number of fused-ring (bicyclic) bond motifs is 1. The molecular formula is C15H17N3O3. The van der Waals surface area contributed by atoms with Gasteiger partial charge in [-0.25, -0.2) is 4.79 Å². The van der Waals surface area contributed by atoms with E-state index in [2.05, 4.69) is 10.4 Å². The summed E-state index contributed by atoms with van der Waals surface area (Å²) in [7, 11) is 0. The molecule has 0 saturated heterocycles. The van der Waals surface area contributed by atoms with Crippen LogP contribution in [-0.4, -0.2) is 26.9 Å². The molecule has 1 aliphatic carbocycles. The second-order valence-corrected chi connectivity index (χ2v) is 5.38. The number of hydrogen-bond acceptors (Lipinski definition) is 3. The van der Waals surface area contributed by atoms with Gasteiger partial charge in [-0.15, -0.1) is 5.10 Å². The summed E-state index contributed by atoms with van der Waals surface area (Å²) >= 11 is 0. The van der Waals surface area contributed by atoms with Crippen LogP contribution in [0.1, 0.15) is 32.1 Å². The summed E-state index contributed by atoms with van der Waals surface area (Å²) in [5, 5.41) is 16.6. The molecule has 21 heavy (non-hydrogen) atoms. The van der Waals surface area contributed by atoms with Crippen LogP contribution in [0.3, 0.4) is 0 Å². The van der Waals surface area contributed by atoms with Crippen molar-refractivity contribution in [1.82, 2.24) is 9.78 Å². The number of hydrogen-bond donors (Lipinski definition) is 2. The number of nitrogens with one attached hydrogen (secondary N) is 1. The first-order valence-electron chi connectivity index (χ1n) is 7.19. The fourth-order valence-electron chi connectivity index (χ4n) is 2.89. The number of anilines is 1. The van der Waals surface area contributed by atoms with E-state index in [4.69, 9.17) is 5.11 Å². The van der Waals surface area contributed by atoms with Crippen LogP contribution in [0.15, 0.2) is 24.3 Å². The molecule has 1 fully saturated rings. The Morgan fingerprint density at radius 1 is 1.19 bits per heavy atom. The highest BCUT2D eigenvalue weighted by molar-refractivity contribution is 6.02. The predicted molar refractivity (Wildman–Crippen MR) is 78.4 cm³/mol. The van der Waals surface area contributed by atoms with Gasteiger partial charge in [0.2, 0.25) is 5.91 Å². The van der Waals surface area contributed by atoms with Crippen molar-refractivity contribution in [3.63, 3.8) is 0 Å². The zero-order valence-electron chi connectivity index (χ0n) is 11.6. The van der Waals surface area contributed by atoms with Crippen molar-refractivity contribution < 1.29 is 14.7 Å². The second kappa shape index (κ2) is 5.55. The van der Waals surface area contributed by atoms with Gasteiger partial charge in [-0.05, 0) is 25.0 Å². The number of carboxylic acid groups (broad SMARTS) is 1. The van der Waals surface area contributed by atoms with E-state index in [1.807, 2.05) is 0 Å². The van der Waals surface area contributed by atoms with Gasteiger partial charge in [-0.2, -0.15) is 4.68 Å². The van der Waals surface area contributed by atoms with Crippen molar-refractivity contribution in [2.75, 3.05) is 5.32 Å². The average molecular weight is 287 g/mol. The van der Waals surface area contributed by atoms with Crippen molar-refractivity contribution in [2.24, 2.45) is 5.92 Å². The molecule has 1 saturated carbocycles. The summed E-state index contributed by atoms with van der Waals surface area (Å²) in [6.07, 6.45) is 3.95. The van der Waals surface area contributed by atoms with Crippen LogP contribution in [-0.2, 0) is 4.79 Å². The Bertz CT molecular complexity index is 687. The smallest absolute Gasteiger partial charge is 0.432 e. The molecule has 0 unspecified atom stereocenters. The lowest BCUT2D eigenvalue weighted by Crippen LogP contribution is -2.25. The molecule has 2 aromatic rings. The highest BCUT2D eigenvalue weighted by atomic mass is 16.4. The SMILES string of the molecule is O=C(Nc1nn(C(=O)O)c2ccccc12)C1CCCCC1. The van der Waals surface area contributed by atoms with Gasteiger partial charge < -0.3 is 10.4 Å². The van der Waals surface area contributed by atoms with Crippen molar-refractivity contribution in [3.05, 3.63) is 24.3 Å². The van der Waals surface area contributed by atoms with Gasteiger partial charge >= 0.3 is 6.09 Å². The van der Waals surface area contributed by atoms with E-state index in [0.29, 0.717) is 16.7 Å². The highest BCUT2D eigenvalue weighted by Crippen LogP contribution is 2.27. The monoisotopic (exact) mass is 287 g/mol. The minimum Gasteiger partial charge on any atom is -0.463 e. The molecule has 3 rings (SSSR count). The van der Waals surface area contributed by atoms with Crippen molar-refractivity contribution >= 4 is 28.7 Å². The van der Waals surface area contributed by atoms with Crippen LogP contribution >= 0.6 is 0 Å². The minimum atomic E-state index is -1.16. The van der Waals surface area contributed by atoms with Crippen molar-refractivity contribution in [2.45, 2.75) is 32.1 Å². The van der Waals surface area contributed by atoms with Gasteiger partial charge in [0.05, 0.1) is 5.52 Å². The Morgan fingerprint density at radius 2 is 1.90 bits per heavy atom. The normalized spacial score (nSPS) is 16.0. The van der Waals surface area contributed by atoms with Crippen LogP contribution in [0.5, 0.6) is 0 Å². The summed E-state index contributed by atoms with van der Waals surface area (Å²) in [4.78, 5) is 23.5. The summed E-state index contributed by atoms with van der Waals surface area (Å²) < 4.78 is 0.895. The molecular weight excluding hydrogens is 270 g/mol. The average Bonchev–Trinajstić information content (AvgIpc) is 2.87. The van der Waals surface area contributed by atoms with Crippen LogP contribution < -0.4 is 5.32 Å². The van der Waals surface area contributed by atoms with Crippen molar-refractivity contribution in [3.8, 4) is 0 Å². The Kier molecular flexibility index (Phi) is 3.60. The molecule has 6 heteroatoms. The van der Waals surface area contributed by atoms with E-state index >= 15 is 0 Å². The minimum absolute atomic E-state index is 0.00694. The quantitative estimate of drug-likeness (QED) is 0.889. The lowest BCUT2D eigenvalue weighted by molar-refractivity contribution is -0.120. The molecule has 0 spiro atoms. The molecule has 0 radical (unpaired) electrons. The zero-order chi connectivity index (χ0) is 14.8. The molecule has 1 aromatic heterocycles. The van der Waals surface area contributed by atoms with E-state index in [1.54, 1.807) is 24.3 Å². The number of carbonyl (C=O) groups excluding carboxylic acids is 1. The molecule has 0 bridgehead atoms. The third kappa shape index (κ3) is 2.61. The highest BCUT2D eigenvalue weighted by Gasteiger charge is 2.23. The van der Waals surface area contributed by atoms with Crippen LogP contribution in [0.4, 0.5) is 10.6 Å². The van der Waals surface area contributed by atoms with Gasteiger partial charge in [0.25, 0.3) is 0 Å². The maximum Gasteiger partial charge on any atom is 0.432 e. The summed E-state index contributed by atoms with van der Waals surface area (Å²) in [6.45, 7) is 0. The molecule has 1 aromatic carbocycles. The van der Waals surface area contributed by atoms with E-state index < -0.39 is 6.09 Å². The van der Waals surface area contributed by atoms with Gasteiger partial charge in [0.15, 0.2) is 5.82 Å². The van der Waals surface area contributed by atoms with E-state index in [-0.39, 0.29) is 11.8 Å². The van der Waals surface area contributed by atoms with Gasteiger partial charge in [-0.3, -0.25) is 4.79 Å². The lowest BCUT2D eigenvalue weighted by Gasteiger charge is -2.20. The number of benzene rings is 1. The number of nitrogens with zero attached hydrogens (tertiary/aromatic N) is 2. The summed E-state index contributed by atoms with van der Waals surface area (Å²) in [6, 6.07) is 6.98. The Morgan fingerprint density at radius 3 is 2.62 bits per heavy atom. The Labute approximate surface area is 121 Å². The second-order valence-electron chi connectivity index (χ2n) is 5.38. The molecule has 1 aliphatic rings. The Hall–Kier alpha value is -2.37. The number of aromatic nitrogens is 2. The molecule has 0 atom stereocenters. The van der Waals surface area contributed by atoms with Crippen LogP contribution in [0, 0.1) is 5.92 Å². The zero-order valence-corrected chi connectivity index (χ0v) is 11.6. The van der Waals surface area contributed by atoms with E-state index in [1.165, 1.54) is 6.42 Å². The fourth-order valence-corrected chi connectivity index (χ4v) is 2.89. The number of para-hydroxylation sites is 1. The third-order valence-corrected chi connectivity index (χ3v) is 3.99. The fraction of sp³-hybridized carbons (Fsp3) is 0.400. The van der Waals surface area contributed by atoms with Crippen LogP contribution in [0.2, 0.25) is 0 Å². The molecule has 2 N–H and O–H groups in total. The largest absolute Gasteiger partial charge is 0.463 e. The topological polar surface area (TPSA) is 84.2 Å². The van der Waals surface area contributed by atoms with E-state index in [9.17, 15) is 9.59 Å². The lowest BCUT2D eigenvalue weighted by atomic mass is 9.89. The van der Waals surface area contributed by atoms with E-state index in [0.717, 1.165) is 30.4 Å². The predicted octanol–water partition coefficient (Wildman–Crippen LogP) is 3.08. The standard InChI is InChI=1S/C15H17N3O3/c19-14(10-6-2-1-3-7-10)16-13-11-8-4-5-9-12(11)18(17-13)15(20)21/h4-5,8-10H,1-3,6-7H2,(H,20,21)(H,16,17,19). The molecule has 6 nitrogen and oxygen atoms in total. The molecule has 0 aliphatic heterocycles. The molecule has 1 amide bonds.